The molecule has 0 fully saturated rings. The zero-order valence-electron chi connectivity index (χ0n) is 16.8. The van der Waals surface area contributed by atoms with Gasteiger partial charge in [0.1, 0.15) is 0 Å². The fraction of sp³-hybridized carbons (Fsp3) is 0.0833. The summed E-state index contributed by atoms with van der Waals surface area (Å²) in [5, 5.41) is 20.1. The number of aromatic hydroxyl groups is 1. The molecule has 31 heavy (non-hydrogen) atoms. The normalized spacial score (nSPS) is 11.6. The standard InChI is InChI=1S/C24H19N5O2/c1-2-15-8-7-9-16(14-15)29-23(31)18-11-4-6-13-20(18)26-24(29)28-27-21-17-10-3-5-12-19(17)25-22(21)30/h3-14,25,30H,2H2,1H3. The number of benzene rings is 3. The molecule has 7 heteroatoms. The second-order valence-corrected chi connectivity index (χ2v) is 7.16. The van der Waals surface area contributed by atoms with Gasteiger partial charge in [-0.05, 0) is 42.3 Å². The molecule has 2 N–H and O–H groups in total. The van der Waals surface area contributed by atoms with Crippen molar-refractivity contribution in [2.24, 2.45) is 10.2 Å². The second-order valence-electron chi connectivity index (χ2n) is 7.16. The molecular weight excluding hydrogens is 390 g/mol. The summed E-state index contributed by atoms with van der Waals surface area (Å²) >= 11 is 0. The monoisotopic (exact) mass is 409 g/mol. The van der Waals surface area contributed by atoms with Crippen molar-refractivity contribution in [1.82, 2.24) is 14.5 Å². The van der Waals surface area contributed by atoms with Crippen LogP contribution in [0.1, 0.15) is 12.5 Å². The lowest BCUT2D eigenvalue weighted by Gasteiger charge is -2.11. The number of rotatable bonds is 4. The molecule has 2 aromatic heterocycles. The third-order valence-corrected chi connectivity index (χ3v) is 5.23. The summed E-state index contributed by atoms with van der Waals surface area (Å²) in [6.45, 7) is 2.06. The first-order valence-electron chi connectivity index (χ1n) is 9.98. The number of hydrogen-bond acceptors (Lipinski definition) is 5. The molecule has 5 rings (SSSR count). The molecule has 7 nitrogen and oxygen atoms in total. The maximum Gasteiger partial charge on any atom is 0.267 e. The summed E-state index contributed by atoms with van der Waals surface area (Å²) in [5.74, 6) is 0.0502. The van der Waals surface area contributed by atoms with E-state index in [0.29, 0.717) is 22.3 Å². The average Bonchev–Trinajstić information content (AvgIpc) is 3.12. The number of aromatic nitrogens is 3. The average molecular weight is 409 g/mol. The van der Waals surface area contributed by atoms with Gasteiger partial charge < -0.3 is 10.1 Å². The number of aromatic amines is 1. The highest BCUT2D eigenvalue weighted by Crippen LogP contribution is 2.36. The molecule has 152 valence electrons. The molecule has 0 unspecified atom stereocenters. The Hall–Kier alpha value is -4.26. The number of fused-ring (bicyclic) bond motifs is 2. The summed E-state index contributed by atoms with van der Waals surface area (Å²) in [5.41, 5.74) is 3.11. The van der Waals surface area contributed by atoms with E-state index in [0.717, 1.165) is 22.9 Å². The summed E-state index contributed by atoms with van der Waals surface area (Å²) in [6, 6.07) is 22.3. The van der Waals surface area contributed by atoms with Crippen molar-refractivity contribution in [3.63, 3.8) is 0 Å². The van der Waals surface area contributed by atoms with Crippen molar-refractivity contribution in [2.75, 3.05) is 0 Å². The van der Waals surface area contributed by atoms with Gasteiger partial charge in [-0.3, -0.25) is 4.79 Å². The van der Waals surface area contributed by atoms with Gasteiger partial charge in [-0.1, -0.05) is 49.4 Å². The topological polar surface area (TPSA) is 95.6 Å². The summed E-state index contributed by atoms with van der Waals surface area (Å²) in [4.78, 5) is 20.8. The highest BCUT2D eigenvalue weighted by atomic mass is 16.3. The lowest BCUT2D eigenvalue weighted by Crippen LogP contribution is -2.19. The van der Waals surface area contributed by atoms with Gasteiger partial charge in [-0.2, -0.15) is 0 Å². The van der Waals surface area contributed by atoms with Crippen LogP contribution in [-0.4, -0.2) is 19.6 Å². The lowest BCUT2D eigenvalue weighted by molar-refractivity contribution is 0.459. The van der Waals surface area contributed by atoms with E-state index in [9.17, 15) is 9.90 Å². The minimum absolute atomic E-state index is 0.0902. The van der Waals surface area contributed by atoms with E-state index < -0.39 is 0 Å². The van der Waals surface area contributed by atoms with Crippen LogP contribution < -0.4 is 5.56 Å². The minimum atomic E-state index is -0.226. The van der Waals surface area contributed by atoms with Gasteiger partial charge in [-0.25, -0.2) is 9.55 Å². The smallest absolute Gasteiger partial charge is 0.267 e. The maximum absolute atomic E-state index is 13.4. The zero-order valence-corrected chi connectivity index (χ0v) is 16.8. The Morgan fingerprint density at radius 1 is 0.968 bits per heavy atom. The van der Waals surface area contributed by atoms with Gasteiger partial charge in [0.2, 0.25) is 5.88 Å². The highest BCUT2D eigenvalue weighted by Gasteiger charge is 2.14. The highest BCUT2D eigenvalue weighted by molar-refractivity contribution is 5.94. The Morgan fingerprint density at radius 2 is 1.74 bits per heavy atom. The molecule has 0 aliphatic carbocycles. The van der Waals surface area contributed by atoms with Gasteiger partial charge in [0.15, 0.2) is 5.69 Å². The van der Waals surface area contributed by atoms with Gasteiger partial charge in [0.25, 0.3) is 11.5 Å². The van der Waals surface area contributed by atoms with Crippen molar-refractivity contribution in [2.45, 2.75) is 13.3 Å². The summed E-state index contributed by atoms with van der Waals surface area (Å²) in [7, 11) is 0. The molecule has 0 radical (unpaired) electrons. The Balaban J connectivity index is 1.74. The number of H-pyrrole nitrogens is 1. The zero-order chi connectivity index (χ0) is 21.4. The van der Waals surface area contributed by atoms with E-state index in [1.807, 2.05) is 60.7 Å². The van der Waals surface area contributed by atoms with E-state index >= 15 is 0 Å². The Morgan fingerprint density at radius 3 is 2.58 bits per heavy atom. The first kappa shape index (κ1) is 18.7. The van der Waals surface area contributed by atoms with Gasteiger partial charge in [0, 0.05) is 5.39 Å². The number of nitrogens with zero attached hydrogens (tertiary/aromatic N) is 4. The minimum Gasteiger partial charge on any atom is -0.493 e. The van der Waals surface area contributed by atoms with Crippen molar-refractivity contribution < 1.29 is 5.11 Å². The van der Waals surface area contributed by atoms with Crippen LogP contribution in [0.3, 0.4) is 0 Å². The third kappa shape index (κ3) is 3.26. The van der Waals surface area contributed by atoms with Gasteiger partial charge >= 0.3 is 0 Å². The molecule has 0 amide bonds. The van der Waals surface area contributed by atoms with Crippen LogP contribution in [0.4, 0.5) is 11.6 Å². The van der Waals surface area contributed by atoms with E-state index in [1.165, 1.54) is 4.57 Å². The predicted octanol–water partition coefficient (Wildman–Crippen LogP) is 5.55. The van der Waals surface area contributed by atoms with Crippen molar-refractivity contribution in [3.8, 4) is 11.6 Å². The van der Waals surface area contributed by atoms with Crippen molar-refractivity contribution >= 4 is 33.4 Å². The van der Waals surface area contributed by atoms with E-state index in [4.69, 9.17) is 0 Å². The molecule has 0 saturated heterocycles. The second kappa shape index (κ2) is 7.53. The quantitative estimate of drug-likeness (QED) is 0.381. The Kier molecular flexibility index (Phi) is 4.55. The number of para-hydroxylation sites is 2. The number of azo groups is 1. The van der Waals surface area contributed by atoms with Crippen molar-refractivity contribution in [3.05, 3.63) is 88.7 Å². The first-order valence-corrected chi connectivity index (χ1v) is 9.98. The molecule has 0 spiro atoms. The lowest BCUT2D eigenvalue weighted by atomic mass is 10.1. The Labute approximate surface area is 177 Å². The SMILES string of the molecule is CCc1cccc(-n2c(N=Nc3c(O)[nH]c4ccccc34)nc3ccccc3c2=O)c1. The van der Waals surface area contributed by atoms with Crippen LogP contribution in [0.2, 0.25) is 0 Å². The number of aryl methyl sites for hydroxylation is 1. The maximum atomic E-state index is 13.4. The number of hydrogen-bond donors (Lipinski definition) is 2. The first-order chi connectivity index (χ1) is 15.2. The molecule has 0 saturated carbocycles. The molecule has 0 atom stereocenters. The van der Waals surface area contributed by atoms with Crippen LogP contribution >= 0.6 is 0 Å². The van der Waals surface area contributed by atoms with Crippen molar-refractivity contribution in [1.29, 1.82) is 0 Å². The van der Waals surface area contributed by atoms with Crippen LogP contribution in [0.25, 0.3) is 27.5 Å². The molecule has 0 aliphatic rings. The van der Waals surface area contributed by atoms with Crippen LogP contribution in [0.5, 0.6) is 5.88 Å². The van der Waals surface area contributed by atoms with Crippen LogP contribution in [0, 0.1) is 0 Å². The van der Waals surface area contributed by atoms with Gasteiger partial charge in [0.05, 0.1) is 22.1 Å². The molecular formula is C24H19N5O2. The van der Waals surface area contributed by atoms with Crippen LogP contribution in [-0.2, 0) is 6.42 Å². The summed E-state index contributed by atoms with van der Waals surface area (Å²) < 4.78 is 1.46. The predicted molar refractivity (Wildman–Crippen MR) is 121 cm³/mol. The summed E-state index contributed by atoms with van der Waals surface area (Å²) in [6.07, 6.45) is 0.837. The molecule has 5 aromatic rings. The van der Waals surface area contributed by atoms with Crippen LogP contribution in [0.15, 0.2) is 87.8 Å². The molecule has 2 heterocycles. The third-order valence-electron chi connectivity index (χ3n) is 5.23. The fourth-order valence-electron chi connectivity index (χ4n) is 3.65. The van der Waals surface area contributed by atoms with E-state index in [2.05, 4.69) is 27.1 Å². The molecule has 0 aliphatic heterocycles. The number of nitrogens with one attached hydrogen (secondary N) is 1. The van der Waals surface area contributed by atoms with E-state index in [1.54, 1.807) is 12.1 Å². The fourth-order valence-corrected chi connectivity index (χ4v) is 3.65. The Bertz CT molecular complexity index is 1510. The largest absolute Gasteiger partial charge is 0.493 e. The van der Waals surface area contributed by atoms with Gasteiger partial charge in [-0.15, -0.1) is 10.2 Å². The molecule has 3 aromatic carbocycles. The van der Waals surface area contributed by atoms with E-state index in [-0.39, 0.29) is 17.4 Å². The molecule has 0 bridgehead atoms.